The zero-order valence-corrected chi connectivity index (χ0v) is 16.9. The maximum atomic E-state index is 12.4. The Morgan fingerprint density at radius 2 is 1.63 bits per heavy atom. The van der Waals surface area contributed by atoms with Gasteiger partial charge in [-0.15, -0.1) is 0 Å². The van der Waals surface area contributed by atoms with Gasteiger partial charge in [-0.3, -0.25) is 4.79 Å². The first-order valence-electron chi connectivity index (χ1n) is 8.84. The highest BCUT2D eigenvalue weighted by molar-refractivity contribution is 7.99. The highest BCUT2D eigenvalue weighted by atomic mass is 32.2. The highest BCUT2D eigenvalue weighted by Gasteiger charge is 2.11. The number of aromatic nitrogens is 2. The number of aryl methyl sites for hydroxylation is 4. The lowest BCUT2D eigenvalue weighted by Crippen LogP contribution is -2.16. The van der Waals surface area contributed by atoms with E-state index in [-0.39, 0.29) is 11.7 Å². The molecule has 0 saturated heterocycles. The number of carbonyl (C=O) groups excluding carboxylic acids is 1. The topological polar surface area (TPSA) is 54.9 Å². The molecule has 1 N–H and O–H groups in total. The third kappa shape index (κ3) is 4.95. The normalized spacial score (nSPS) is 10.7. The predicted molar refractivity (Wildman–Crippen MR) is 112 cm³/mol. The van der Waals surface area contributed by atoms with Crippen LogP contribution in [-0.4, -0.2) is 21.6 Å². The summed E-state index contributed by atoms with van der Waals surface area (Å²) >= 11 is 1.35. The smallest absolute Gasteiger partial charge is 0.234 e. The van der Waals surface area contributed by atoms with Crippen LogP contribution in [0, 0.1) is 27.7 Å². The average molecular weight is 378 g/mol. The van der Waals surface area contributed by atoms with Gasteiger partial charge < -0.3 is 5.32 Å². The first kappa shape index (κ1) is 19.1. The van der Waals surface area contributed by atoms with Crippen molar-refractivity contribution in [2.75, 3.05) is 11.1 Å². The lowest BCUT2D eigenvalue weighted by molar-refractivity contribution is -0.113. The summed E-state index contributed by atoms with van der Waals surface area (Å²) in [5.41, 5.74) is 7.03. The van der Waals surface area contributed by atoms with Gasteiger partial charge >= 0.3 is 0 Å². The molecule has 0 aliphatic rings. The minimum Gasteiger partial charge on any atom is -0.325 e. The number of anilines is 1. The molecule has 3 aromatic rings. The number of benzene rings is 2. The molecule has 4 nitrogen and oxygen atoms in total. The molecule has 3 rings (SSSR count). The third-order valence-corrected chi connectivity index (χ3v) is 5.02. The van der Waals surface area contributed by atoms with E-state index in [2.05, 4.69) is 34.3 Å². The summed E-state index contributed by atoms with van der Waals surface area (Å²) in [4.78, 5) is 21.5. The van der Waals surface area contributed by atoms with E-state index in [0.717, 1.165) is 33.8 Å². The molecule has 1 aromatic heterocycles. The van der Waals surface area contributed by atoms with Crippen LogP contribution in [0.2, 0.25) is 0 Å². The van der Waals surface area contributed by atoms with Crippen molar-refractivity contribution < 1.29 is 4.79 Å². The zero-order chi connectivity index (χ0) is 19.4. The quantitative estimate of drug-likeness (QED) is 0.496. The summed E-state index contributed by atoms with van der Waals surface area (Å²) in [7, 11) is 0. The molecule has 0 unspecified atom stereocenters. The fraction of sp³-hybridized carbons (Fsp3) is 0.227. The van der Waals surface area contributed by atoms with Gasteiger partial charge in [0.25, 0.3) is 0 Å². The van der Waals surface area contributed by atoms with Crippen LogP contribution in [0.15, 0.2) is 53.7 Å². The van der Waals surface area contributed by atoms with E-state index in [1.807, 2.05) is 57.2 Å². The van der Waals surface area contributed by atoms with Crippen LogP contribution in [0.4, 0.5) is 5.69 Å². The van der Waals surface area contributed by atoms with Crippen LogP contribution >= 0.6 is 11.8 Å². The molecule has 0 atom stereocenters. The molecule has 0 aliphatic heterocycles. The molecular formula is C22H23N3OS. The number of hydrogen-bond donors (Lipinski definition) is 1. The van der Waals surface area contributed by atoms with Crippen molar-refractivity contribution >= 4 is 23.4 Å². The van der Waals surface area contributed by atoms with Gasteiger partial charge in [0.2, 0.25) is 5.91 Å². The maximum Gasteiger partial charge on any atom is 0.234 e. The Bertz CT molecular complexity index is 948. The number of nitrogens with one attached hydrogen (secondary N) is 1. The Morgan fingerprint density at radius 3 is 2.30 bits per heavy atom. The second kappa shape index (κ2) is 8.35. The standard InChI is InChI=1S/C22H23N3OS/c1-14-10-15(2)21(16(3)11-14)25-20(26)13-27-22-23-17(4)12-19(24-22)18-8-6-5-7-9-18/h5-12H,13H2,1-4H3,(H,25,26). The Labute approximate surface area is 164 Å². The number of nitrogens with zero attached hydrogens (tertiary/aromatic N) is 2. The minimum atomic E-state index is -0.0542. The molecule has 27 heavy (non-hydrogen) atoms. The van der Waals surface area contributed by atoms with Gasteiger partial charge in [-0.1, -0.05) is 59.8 Å². The molecule has 0 bridgehead atoms. The van der Waals surface area contributed by atoms with E-state index in [0.29, 0.717) is 5.16 Å². The molecule has 138 valence electrons. The number of amides is 1. The van der Waals surface area contributed by atoms with E-state index in [9.17, 15) is 4.79 Å². The van der Waals surface area contributed by atoms with Gasteiger partial charge in [0.05, 0.1) is 11.4 Å². The van der Waals surface area contributed by atoms with Gasteiger partial charge in [0.15, 0.2) is 5.16 Å². The molecular weight excluding hydrogens is 354 g/mol. The van der Waals surface area contributed by atoms with Crippen molar-refractivity contribution in [1.82, 2.24) is 9.97 Å². The lowest BCUT2D eigenvalue weighted by Gasteiger charge is -2.12. The molecule has 1 heterocycles. The monoisotopic (exact) mass is 377 g/mol. The van der Waals surface area contributed by atoms with Crippen LogP contribution < -0.4 is 5.32 Å². The minimum absolute atomic E-state index is 0.0542. The molecule has 2 aromatic carbocycles. The van der Waals surface area contributed by atoms with Crippen molar-refractivity contribution in [3.8, 4) is 11.3 Å². The Kier molecular flexibility index (Phi) is 5.91. The van der Waals surface area contributed by atoms with Crippen LogP contribution in [0.3, 0.4) is 0 Å². The van der Waals surface area contributed by atoms with Gasteiger partial charge in [-0.2, -0.15) is 0 Å². The van der Waals surface area contributed by atoms with E-state index >= 15 is 0 Å². The Hall–Kier alpha value is -2.66. The third-order valence-electron chi connectivity index (χ3n) is 4.18. The van der Waals surface area contributed by atoms with Crippen LogP contribution in [0.5, 0.6) is 0 Å². The van der Waals surface area contributed by atoms with E-state index in [1.54, 1.807) is 0 Å². The molecule has 0 aliphatic carbocycles. The van der Waals surface area contributed by atoms with Crippen molar-refractivity contribution in [3.05, 3.63) is 70.9 Å². The van der Waals surface area contributed by atoms with Gasteiger partial charge in [-0.25, -0.2) is 9.97 Å². The molecule has 1 amide bonds. The summed E-state index contributed by atoms with van der Waals surface area (Å²) in [5.74, 6) is 0.214. The Morgan fingerprint density at radius 1 is 0.963 bits per heavy atom. The van der Waals surface area contributed by atoms with Crippen LogP contribution in [0.1, 0.15) is 22.4 Å². The fourth-order valence-electron chi connectivity index (χ4n) is 3.05. The first-order valence-corrected chi connectivity index (χ1v) is 9.82. The summed E-state index contributed by atoms with van der Waals surface area (Å²) in [5, 5.41) is 3.63. The SMILES string of the molecule is Cc1cc(C)c(NC(=O)CSc2nc(C)cc(-c3ccccc3)n2)c(C)c1. The lowest BCUT2D eigenvalue weighted by atomic mass is 10.1. The fourth-order valence-corrected chi connectivity index (χ4v) is 3.75. The van der Waals surface area contributed by atoms with Crippen molar-refractivity contribution in [2.45, 2.75) is 32.9 Å². The number of hydrogen-bond acceptors (Lipinski definition) is 4. The number of thioether (sulfide) groups is 1. The second-order valence-corrected chi connectivity index (χ2v) is 7.60. The summed E-state index contributed by atoms with van der Waals surface area (Å²) in [6.07, 6.45) is 0. The first-order chi connectivity index (χ1) is 12.9. The molecule has 0 radical (unpaired) electrons. The number of rotatable bonds is 5. The molecule has 0 fully saturated rings. The second-order valence-electron chi connectivity index (χ2n) is 6.65. The van der Waals surface area contributed by atoms with Crippen LogP contribution in [-0.2, 0) is 4.79 Å². The van der Waals surface area contributed by atoms with Gasteiger partial charge in [-0.05, 0) is 44.9 Å². The summed E-state index contributed by atoms with van der Waals surface area (Å²) < 4.78 is 0. The van der Waals surface area contributed by atoms with Crippen molar-refractivity contribution in [2.24, 2.45) is 0 Å². The van der Waals surface area contributed by atoms with E-state index < -0.39 is 0 Å². The van der Waals surface area contributed by atoms with Crippen LogP contribution in [0.25, 0.3) is 11.3 Å². The predicted octanol–water partition coefficient (Wildman–Crippen LogP) is 5.11. The molecule has 0 saturated carbocycles. The summed E-state index contributed by atoms with van der Waals surface area (Å²) in [6, 6.07) is 16.1. The van der Waals surface area contributed by atoms with Crippen molar-refractivity contribution in [1.29, 1.82) is 0 Å². The highest BCUT2D eigenvalue weighted by Crippen LogP contribution is 2.24. The van der Waals surface area contributed by atoms with Gasteiger partial charge in [0, 0.05) is 16.9 Å². The molecule has 0 spiro atoms. The zero-order valence-electron chi connectivity index (χ0n) is 16.0. The van der Waals surface area contributed by atoms with E-state index in [4.69, 9.17) is 0 Å². The molecule has 5 heteroatoms. The number of carbonyl (C=O) groups is 1. The van der Waals surface area contributed by atoms with Crippen molar-refractivity contribution in [3.63, 3.8) is 0 Å². The Balaban J connectivity index is 1.70. The average Bonchev–Trinajstić information content (AvgIpc) is 2.63. The largest absolute Gasteiger partial charge is 0.325 e. The van der Waals surface area contributed by atoms with Gasteiger partial charge in [0.1, 0.15) is 0 Å². The maximum absolute atomic E-state index is 12.4. The summed E-state index contributed by atoms with van der Waals surface area (Å²) in [6.45, 7) is 8.02. The van der Waals surface area contributed by atoms with E-state index in [1.165, 1.54) is 17.3 Å².